The number of aliphatic hydroxyl groups is 1. The topological polar surface area (TPSA) is 61.4 Å². The molecule has 1 fully saturated rings. The zero-order valence-electron chi connectivity index (χ0n) is 11.7. The van der Waals surface area contributed by atoms with Crippen molar-refractivity contribution in [2.75, 3.05) is 18.5 Å². The molecule has 20 heavy (non-hydrogen) atoms. The SMILES string of the molecule is O=C(NC1(CO)CCCC1)C1CCNc2ccccc21. The van der Waals surface area contributed by atoms with Crippen LogP contribution < -0.4 is 10.6 Å². The summed E-state index contributed by atoms with van der Waals surface area (Å²) in [4.78, 5) is 12.6. The fourth-order valence-corrected chi connectivity index (χ4v) is 3.46. The van der Waals surface area contributed by atoms with Crippen molar-refractivity contribution in [2.45, 2.75) is 43.6 Å². The molecule has 1 amide bonds. The van der Waals surface area contributed by atoms with Crippen molar-refractivity contribution in [3.63, 3.8) is 0 Å². The highest BCUT2D eigenvalue weighted by Gasteiger charge is 2.37. The van der Waals surface area contributed by atoms with Crippen LogP contribution in [-0.2, 0) is 4.79 Å². The van der Waals surface area contributed by atoms with Crippen molar-refractivity contribution >= 4 is 11.6 Å². The molecule has 1 aliphatic heterocycles. The van der Waals surface area contributed by atoms with Crippen molar-refractivity contribution < 1.29 is 9.90 Å². The van der Waals surface area contributed by atoms with E-state index in [0.717, 1.165) is 49.9 Å². The quantitative estimate of drug-likeness (QED) is 0.790. The molecule has 1 aromatic carbocycles. The molecule has 4 nitrogen and oxygen atoms in total. The fraction of sp³-hybridized carbons (Fsp3) is 0.562. The Kier molecular flexibility index (Phi) is 3.66. The number of hydrogen-bond donors (Lipinski definition) is 3. The van der Waals surface area contributed by atoms with Crippen LogP contribution in [-0.4, -0.2) is 29.7 Å². The highest BCUT2D eigenvalue weighted by molar-refractivity contribution is 5.87. The van der Waals surface area contributed by atoms with Crippen LogP contribution in [0.3, 0.4) is 0 Å². The van der Waals surface area contributed by atoms with E-state index in [1.54, 1.807) is 0 Å². The molecule has 1 atom stereocenters. The lowest BCUT2D eigenvalue weighted by molar-refractivity contribution is -0.125. The van der Waals surface area contributed by atoms with E-state index in [-0.39, 0.29) is 24.0 Å². The molecule has 0 saturated heterocycles. The monoisotopic (exact) mass is 274 g/mol. The molecule has 108 valence electrons. The molecular formula is C16H22N2O2. The average Bonchev–Trinajstić information content (AvgIpc) is 2.95. The first-order chi connectivity index (χ1) is 9.74. The molecule has 1 saturated carbocycles. The highest BCUT2D eigenvalue weighted by Crippen LogP contribution is 2.34. The molecule has 0 radical (unpaired) electrons. The summed E-state index contributed by atoms with van der Waals surface area (Å²) >= 11 is 0. The molecule has 1 unspecified atom stereocenters. The first kappa shape index (κ1) is 13.4. The van der Waals surface area contributed by atoms with Crippen molar-refractivity contribution in [3.05, 3.63) is 29.8 Å². The third-order valence-corrected chi connectivity index (χ3v) is 4.65. The molecule has 2 aliphatic rings. The van der Waals surface area contributed by atoms with E-state index in [0.29, 0.717) is 0 Å². The predicted octanol–water partition coefficient (Wildman–Crippen LogP) is 2.01. The van der Waals surface area contributed by atoms with Crippen LogP contribution in [0, 0.1) is 0 Å². The maximum Gasteiger partial charge on any atom is 0.228 e. The molecule has 3 rings (SSSR count). The summed E-state index contributed by atoms with van der Waals surface area (Å²) in [5.74, 6) is -0.0358. The van der Waals surface area contributed by atoms with E-state index < -0.39 is 0 Å². The minimum absolute atomic E-state index is 0.0470. The van der Waals surface area contributed by atoms with Gasteiger partial charge in [0, 0.05) is 12.2 Å². The maximum atomic E-state index is 12.6. The second-order valence-corrected chi connectivity index (χ2v) is 5.99. The Labute approximate surface area is 119 Å². The van der Waals surface area contributed by atoms with Gasteiger partial charge >= 0.3 is 0 Å². The second-order valence-electron chi connectivity index (χ2n) is 5.99. The number of carbonyl (C=O) groups is 1. The molecule has 4 heteroatoms. The molecule has 1 heterocycles. The maximum absolute atomic E-state index is 12.6. The van der Waals surface area contributed by atoms with Crippen LogP contribution >= 0.6 is 0 Å². The zero-order valence-corrected chi connectivity index (χ0v) is 11.7. The van der Waals surface area contributed by atoms with Gasteiger partial charge in [-0.15, -0.1) is 0 Å². The van der Waals surface area contributed by atoms with Crippen molar-refractivity contribution in [2.24, 2.45) is 0 Å². The normalized spacial score (nSPS) is 23.8. The van der Waals surface area contributed by atoms with Gasteiger partial charge in [-0.3, -0.25) is 4.79 Å². The molecule has 0 aromatic heterocycles. The minimum atomic E-state index is -0.378. The third-order valence-electron chi connectivity index (χ3n) is 4.65. The molecule has 3 N–H and O–H groups in total. The fourth-order valence-electron chi connectivity index (χ4n) is 3.46. The van der Waals surface area contributed by atoms with Gasteiger partial charge in [-0.1, -0.05) is 31.0 Å². The van der Waals surface area contributed by atoms with Gasteiger partial charge in [0.15, 0.2) is 0 Å². The number of fused-ring (bicyclic) bond motifs is 1. The Balaban J connectivity index is 1.78. The molecule has 1 aromatic rings. The van der Waals surface area contributed by atoms with E-state index in [1.807, 2.05) is 24.3 Å². The van der Waals surface area contributed by atoms with Gasteiger partial charge in [0.2, 0.25) is 5.91 Å². The number of carbonyl (C=O) groups excluding carboxylic acids is 1. The smallest absolute Gasteiger partial charge is 0.228 e. The lowest BCUT2D eigenvalue weighted by Gasteiger charge is -2.32. The van der Waals surface area contributed by atoms with Crippen LogP contribution in [0.1, 0.15) is 43.6 Å². The number of benzene rings is 1. The van der Waals surface area contributed by atoms with Crippen LogP contribution in [0.4, 0.5) is 5.69 Å². The number of rotatable bonds is 3. The number of hydrogen-bond acceptors (Lipinski definition) is 3. The highest BCUT2D eigenvalue weighted by atomic mass is 16.3. The molecular weight excluding hydrogens is 252 g/mol. The van der Waals surface area contributed by atoms with E-state index >= 15 is 0 Å². The summed E-state index contributed by atoms with van der Waals surface area (Å²) in [5, 5.41) is 16.1. The summed E-state index contributed by atoms with van der Waals surface area (Å²) in [6.45, 7) is 0.868. The Bertz CT molecular complexity index is 495. The summed E-state index contributed by atoms with van der Waals surface area (Å²) in [7, 11) is 0. The van der Waals surface area contributed by atoms with Gasteiger partial charge < -0.3 is 15.7 Å². The lowest BCUT2D eigenvalue weighted by atomic mass is 9.88. The van der Waals surface area contributed by atoms with Crippen LogP contribution in [0.15, 0.2) is 24.3 Å². The van der Waals surface area contributed by atoms with Crippen molar-refractivity contribution in [1.82, 2.24) is 5.32 Å². The van der Waals surface area contributed by atoms with Gasteiger partial charge in [-0.2, -0.15) is 0 Å². The summed E-state index contributed by atoms with van der Waals surface area (Å²) < 4.78 is 0. The first-order valence-corrected chi connectivity index (χ1v) is 7.50. The van der Waals surface area contributed by atoms with E-state index in [4.69, 9.17) is 0 Å². The molecule has 1 aliphatic carbocycles. The van der Waals surface area contributed by atoms with Gasteiger partial charge in [0.05, 0.1) is 18.1 Å². The van der Waals surface area contributed by atoms with Gasteiger partial charge in [-0.25, -0.2) is 0 Å². The standard InChI is InChI=1S/C16H22N2O2/c19-11-16(8-3-4-9-16)18-15(20)13-7-10-17-14-6-2-1-5-12(13)14/h1-2,5-6,13,17,19H,3-4,7-11H2,(H,18,20). The number of anilines is 1. The second kappa shape index (κ2) is 5.44. The Morgan fingerprint density at radius 3 is 2.85 bits per heavy atom. The van der Waals surface area contributed by atoms with Crippen LogP contribution in [0.5, 0.6) is 0 Å². The summed E-state index contributed by atoms with van der Waals surface area (Å²) in [6.07, 6.45) is 4.77. The van der Waals surface area contributed by atoms with E-state index in [9.17, 15) is 9.90 Å². The van der Waals surface area contributed by atoms with Gasteiger partial charge in [0.1, 0.15) is 0 Å². The Morgan fingerprint density at radius 2 is 2.10 bits per heavy atom. The van der Waals surface area contributed by atoms with Gasteiger partial charge in [-0.05, 0) is 30.9 Å². The van der Waals surface area contributed by atoms with Crippen LogP contribution in [0.2, 0.25) is 0 Å². The Hall–Kier alpha value is -1.55. The van der Waals surface area contributed by atoms with E-state index in [1.165, 1.54) is 0 Å². The molecule has 0 bridgehead atoms. The van der Waals surface area contributed by atoms with Crippen LogP contribution in [0.25, 0.3) is 0 Å². The number of nitrogens with one attached hydrogen (secondary N) is 2. The average molecular weight is 274 g/mol. The largest absolute Gasteiger partial charge is 0.394 e. The van der Waals surface area contributed by atoms with E-state index in [2.05, 4.69) is 10.6 Å². The third kappa shape index (κ3) is 2.40. The van der Waals surface area contributed by atoms with Crippen molar-refractivity contribution in [3.8, 4) is 0 Å². The van der Waals surface area contributed by atoms with Gasteiger partial charge in [0.25, 0.3) is 0 Å². The Morgan fingerprint density at radius 1 is 1.35 bits per heavy atom. The lowest BCUT2D eigenvalue weighted by Crippen LogP contribution is -2.51. The number of para-hydroxylation sites is 1. The van der Waals surface area contributed by atoms with Crippen molar-refractivity contribution in [1.29, 1.82) is 0 Å². The predicted molar refractivity (Wildman–Crippen MR) is 78.7 cm³/mol. The summed E-state index contributed by atoms with van der Waals surface area (Å²) in [5.41, 5.74) is 1.75. The molecule has 0 spiro atoms. The zero-order chi connectivity index (χ0) is 14.0. The summed E-state index contributed by atoms with van der Waals surface area (Å²) in [6, 6.07) is 8.00. The number of aliphatic hydroxyl groups excluding tert-OH is 1. The minimum Gasteiger partial charge on any atom is -0.394 e. The number of amides is 1. The first-order valence-electron chi connectivity index (χ1n) is 7.50.